The van der Waals surface area contributed by atoms with Crippen LogP contribution in [0.3, 0.4) is 0 Å². The second-order valence-corrected chi connectivity index (χ2v) is 6.88. The zero-order chi connectivity index (χ0) is 17.1. The molecule has 3 rings (SSSR count). The summed E-state index contributed by atoms with van der Waals surface area (Å²) in [7, 11) is 0. The molecule has 0 unspecified atom stereocenters. The fourth-order valence-electron chi connectivity index (χ4n) is 2.75. The largest absolute Gasteiger partial charge is 0.448 e. The highest BCUT2D eigenvalue weighted by atomic mass is 32.1. The summed E-state index contributed by atoms with van der Waals surface area (Å²) in [6.07, 6.45) is 1.26. The molecule has 1 aliphatic rings. The minimum absolute atomic E-state index is 0.119. The van der Waals surface area contributed by atoms with E-state index in [1.54, 1.807) is 18.7 Å². The highest BCUT2D eigenvalue weighted by Crippen LogP contribution is 2.28. The Balaban J connectivity index is 1.71. The first-order chi connectivity index (χ1) is 11.6. The van der Waals surface area contributed by atoms with Gasteiger partial charge in [0.25, 0.3) is 5.91 Å². The molecule has 1 aromatic heterocycles. The molecule has 1 fully saturated rings. The summed E-state index contributed by atoms with van der Waals surface area (Å²) >= 11 is 1.30. The molecule has 2 aromatic rings. The van der Waals surface area contributed by atoms with E-state index in [0.717, 1.165) is 36.5 Å². The fraction of sp³-hybridized carbons (Fsp3) is 0.389. The molecule has 1 aromatic carbocycles. The van der Waals surface area contributed by atoms with Crippen LogP contribution in [0.25, 0.3) is 10.6 Å². The number of esters is 1. The number of thiazole rings is 1. The molecule has 1 amide bonds. The van der Waals surface area contributed by atoms with E-state index in [1.165, 1.54) is 11.3 Å². The molecule has 0 bridgehead atoms. The Hall–Kier alpha value is -2.21. The molecular weight excluding hydrogens is 324 g/mol. The average molecular weight is 344 g/mol. The monoisotopic (exact) mass is 344 g/mol. The second-order valence-electron chi connectivity index (χ2n) is 5.88. The first kappa shape index (κ1) is 16.6. The standard InChI is InChI=1S/C18H20N2O3S/c1-12-15(24-16(19-12)14-8-4-3-5-9-14)18(22)23-13(2)17(21)20-10-6-7-11-20/h3-5,8-9,13H,6-7,10-11H2,1-2H3/t13-/m0/s1. The van der Waals surface area contributed by atoms with Crippen LogP contribution < -0.4 is 0 Å². The van der Waals surface area contributed by atoms with Crippen molar-refractivity contribution in [3.63, 3.8) is 0 Å². The van der Waals surface area contributed by atoms with Crippen molar-refractivity contribution >= 4 is 23.2 Å². The van der Waals surface area contributed by atoms with Gasteiger partial charge in [-0.1, -0.05) is 30.3 Å². The normalized spacial score (nSPS) is 15.3. The Labute approximate surface area is 145 Å². The van der Waals surface area contributed by atoms with Gasteiger partial charge in [-0.05, 0) is 26.7 Å². The molecule has 0 aliphatic carbocycles. The average Bonchev–Trinajstić information content (AvgIpc) is 3.24. The van der Waals surface area contributed by atoms with Crippen LogP contribution in [-0.4, -0.2) is 41.0 Å². The summed E-state index contributed by atoms with van der Waals surface area (Å²) < 4.78 is 5.38. The van der Waals surface area contributed by atoms with Gasteiger partial charge in [0.2, 0.25) is 0 Å². The van der Waals surface area contributed by atoms with E-state index in [4.69, 9.17) is 4.74 Å². The van der Waals surface area contributed by atoms with Crippen LogP contribution in [0.5, 0.6) is 0 Å². The van der Waals surface area contributed by atoms with Crippen molar-refractivity contribution in [2.24, 2.45) is 0 Å². The molecule has 1 aliphatic heterocycles. The number of likely N-dealkylation sites (tertiary alicyclic amines) is 1. The maximum Gasteiger partial charge on any atom is 0.351 e. The number of rotatable bonds is 4. The number of benzene rings is 1. The summed E-state index contributed by atoms with van der Waals surface area (Å²) in [6, 6.07) is 9.70. The molecule has 126 valence electrons. The molecule has 5 nitrogen and oxygen atoms in total. The third-order valence-corrected chi connectivity index (χ3v) is 5.24. The number of aryl methyl sites for hydroxylation is 1. The third-order valence-electron chi connectivity index (χ3n) is 4.05. The number of carbonyl (C=O) groups excluding carboxylic acids is 2. The summed E-state index contributed by atoms with van der Waals surface area (Å²) in [5, 5.41) is 0.776. The highest BCUT2D eigenvalue weighted by Gasteiger charge is 2.27. The number of aromatic nitrogens is 1. The van der Waals surface area contributed by atoms with Gasteiger partial charge in [-0.3, -0.25) is 4.79 Å². The lowest BCUT2D eigenvalue weighted by molar-refractivity contribution is -0.138. The Bertz CT molecular complexity index is 736. The number of hydrogen-bond donors (Lipinski definition) is 0. The van der Waals surface area contributed by atoms with Crippen molar-refractivity contribution in [3.05, 3.63) is 40.9 Å². The topological polar surface area (TPSA) is 59.5 Å². The summed E-state index contributed by atoms with van der Waals surface area (Å²) in [6.45, 7) is 4.91. The predicted molar refractivity (Wildman–Crippen MR) is 93.0 cm³/mol. The summed E-state index contributed by atoms with van der Waals surface area (Å²) in [4.78, 5) is 31.3. The van der Waals surface area contributed by atoms with Gasteiger partial charge >= 0.3 is 5.97 Å². The summed E-state index contributed by atoms with van der Waals surface area (Å²) in [5.41, 5.74) is 1.59. The van der Waals surface area contributed by atoms with Crippen LogP contribution in [-0.2, 0) is 9.53 Å². The van der Waals surface area contributed by atoms with Gasteiger partial charge in [0.05, 0.1) is 5.69 Å². The fourth-order valence-corrected chi connectivity index (χ4v) is 3.70. The van der Waals surface area contributed by atoms with Crippen LogP contribution in [0.1, 0.15) is 35.1 Å². The van der Waals surface area contributed by atoms with Gasteiger partial charge in [-0.25, -0.2) is 9.78 Å². The van der Waals surface area contributed by atoms with Gasteiger partial charge in [0.1, 0.15) is 9.88 Å². The van der Waals surface area contributed by atoms with E-state index < -0.39 is 12.1 Å². The van der Waals surface area contributed by atoms with Crippen molar-refractivity contribution in [1.29, 1.82) is 0 Å². The molecule has 0 N–H and O–H groups in total. The number of carbonyl (C=O) groups is 2. The first-order valence-corrected chi connectivity index (χ1v) is 8.90. The van der Waals surface area contributed by atoms with Crippen molar-refractivity contribution in [2.75, 3.05) is 13.1 Å². The lowest BCUT2D eigenvalue weighted by Crippen LogP contribution is -2.38. The molecule has 1 saturated heterocycles. The number of ether oxygens (including phenoxy) is 1. The van der Waals surface area contributed by atoms with Gasteiger partial charge < -0.3 is 9.64 Å². The Morgan fingerprint density at radius 1 is 1.21 bits per heavy atom. The molecule has 2 heterocycles. The summed E-state index contributed by atoms with van der Waals surface area (Å²) in [5.74, 6) is -0.599. The van der Waals surface area contributed by atoms with Crippen molar-refractivity contribution in [2.45, 2.75) is 32.8 Å². The van der Waals surface area contributed by atoms with E-state index in [-0.39, 0.29) is 5.91 Å². The molecule has 0 radical (unpaired) electrons. The van der Waals surface area contributed by atoms with E-state index in [1.807, 2.05) is 30.3 Å². The molecule has 0 saturated carbocycles. The van der Waals surface area contributed by atoms with Crippen molar-refractivity contribution in [1.82, 2.24) is 9.88 Å². The molecule has 24 heavy (non-hydrogen) atoms. The van der Waals surface area contributed by atoms with Crippen molar-refractivity contribution < 1.29 is 14.3 Å². The SMILES string of the molecule is Cc1nc(-c2ccccc2)sc1C(=O)O[C@@H](C)C(=O)N1CCCC1. The Morgan fingerprint density at radius 3 is 2.54 bits per heavy atom. The lowest BCUT2D eigenvalue weighted by atomic mass is 10.2. The Kier molecular flexibility index (Phi) is 4.94. The zero-order valence-electron chi connectivity index (χ0n) is 13.8. The molecule has 6 heteroatoms. The third kappa shape index (κ3) is 3.48. The van der Waals surface area contributed by atoms with Crippen LogP contribution >= 0.6 is 11.3 Å². The van der Waals surface area contributed by atoms with Gasteiger partial charge in [-0.15, -0.1) is 11.3 Å². The number of hydrogen-bond acceptors (Lipinski definition) is 5. The smallest absolute Gasteiger partial charge is 0.351 e. The van der Waals surface area contributed by atoms with E-state index in [9.17, 15) is 9.59 Å². The minimum Gasteiger partial charge on any atom is -0.448 e. The van der Waals surface area contributed by atoms with Gasteiger partial charge in [0.15, 0.2) is 6.10 Å². The van der Waals surface area contributed by atoms with Crippen LogP contribution in [0.15, 0.2) is 30.3 Å². The molecule has 1 atom stereocenters. The lowest BCUT2D eigenvalue weighted by Gasteiger charge is -2.20. The number of nitrogens with zero attached hydrogens (tertiary/aromatic N) is 2. The molecular formula is C18H20N2O3S. The van der Waals surface area contributed by atoms with E-state index >= 15 is 0 Å². The van der Waals surface area contributed by atoms with Gasteiger partial charge in [0, 0.05) is 18.7 Å². The highest BCUT2D eigenvalue weighted by molar-refractivity contribution is 7.17. The number of amides is 1. The maximum atomic E-state index is 12.4. The predicted octanol–water partition coefficient (Wildman–Crippen LogP) is 3.29. The molecule has 0 spiro atoms. The minimum atomic E-state index is -0.766. The van der Waals surface area contributed by atoms with E-state index in [0.29, 0.717) is 10.6 Å². The Morgan fingerprint density at radius 2 is 1.88 bits per heavy atom. The van der Waals surface area contributed by atoms with Crippen LogP contribution in [0.2, 0.25) is 0 Å². The zero-order valence-corrected chi connectivity index (χ0v) is 14.6. The van der Waals surface area contributed by atoms with E-state index in [2.05, 4.69) is 4.98 Å². The van der Waals surface area contributed by atoms with Crippen molar-refractivity contribution in [3.8, 4) is 10.6 Å². The second kappa shape index (κ2) is 7.13. The van der Waals surface area contributed by atoms with Gasteiger partial charge in [-0.2, -0.15) is 0 Å². The maximum absolute atomic E-state index is 12.4. The van der Waals surface area contributed by atoms with Crippen LogP contribution in [0.4, 0.5) is 0 Å². The quantitative estimate of drug-likeness (QED) is 0.799. The van der Waals surface area contributed by atoms with Crippen LogP contribution in [0, 0.1) is 6.92 Å². The first-order valence-electron chi connectivity index (χ1n) is 8.09.